The molecule has 0 bridgehead atoms. The maximum absolute atomic E-state index is 12.8. The third kappa shape index (κ3) is 3.86. The highest BCUT2D eigenvalue weighted by Gasteiger charge is 2.36. The van der Waals surface area contributed by atoms with E-state index < -0.39 is 10.0 Å². The van der Waals surface area contributed by atoms with Crippen molar-refractivity contribution in [2.75, 3.05) is 13.6 Å². The lowest BCUT2D eigenvalue weighted by Gasteiger charge is -2.24. The third-order valence-electron chi connectivity index (χ3n) is 4.18. The van der Waals surface area contributed by atoms with Crippen LogP contribution in [-0.4, -0.2) is 32.4 Å². The smallest absolute Gasteiger partial charge is 0.244 e. The van der Waals surface area contributed by atoms with Crippen molar-refractivity contribution < 1.29 is 8.42 Å². The minimum absolute atomic E-state index is 0.0935. The van der Waals surface area contributed by atoms with Crippen LogP contribution >= 0.6 is 11.3 Å². The van der Waals surface area contributed by atoms with Crippen molar-refractivity contribution in [1.82, 2.24) is 9.62 Å². The second-order valence-electron chi connectivity index (χ2n) is 5.91. The number of aryl methyl sites for hydroxylation is 1. The van der Waals surface area contributed by atoms with Crippen molar-refractivity contribution in [1.29, 1.82) is 0 Å². The monoisotopic (exact) mass is 330 g/mol. The van der Waals surface area contributed by atoms with Crippen LogP contribution in [0.2, 0.25) is 0 Å². The lowest BCUT2D eigenvalue weighted by molar-refractivity contribution is 0.357. The summed E-state index contributed by atoms with van der Waals surface area (Å²) in [5.74, 6) is 0.536. The molecule has 0 saturated heterocycles. The van der Waals surface area contributed by atoms with Gasteiger partial charge in [0.2, 0.25) is 10.0 Å². The highest BCUT2D eigenvalue weighted by atomic mass is 32.2. The molecule has 0 aliphatic heterocycles. The quantitative estimate of drug-likeness (QED) is 0.746. The summed E-state index contributed by atoms with van der Waals surface area (Å²) in [6, 6.07) is 1.93. The molecule has 1 aromatic heterocycles. The Morgan fingerprint density at radius 3 is 2.71 bits per heavy atom. The largest absolute Gasteiger partial charge is 0.312 e. The highest BCUT2D eigenvalue weighted by Crippen LogP contribution is 2.37. The lowest BCUT2D eigenvalue weighted by Crippen LogP contribution is -2.36. The van der Waals surface area contributed by atoms with Gasteiger partial charge in [-0.25, -0.2) is 8.42 Å². The molecule has 2 rings (SSSR count). The van der Waals surface area contributed by atoms with Gasteiger partial charge in [-0.05, 0) is 51.6 Å². The normalized spacial score (nSPS) is 17.4. The fourth-order valence-electron chi connectivity index (χ4n) is 2.51. The van der Waals surface area contributed by atoms with Gasteiger partial charge in [0.25, 0.3) is 0 Å². The van der Waals surface area contributed by atoms with E-state index in [9.17, 15) is 8.42 Å². The van der Waals surface area contributed by atoms with Crippen LogP contribution in [0, 0.1) is 12.8 Å². The van der Waals surface area contributed by atoms with E-state index in [1.807, 2.05) is 19.9 Å². The first-order chi connectivity index (χ1) is 9.87. The molecule has 1 fully saturated rings. The highest BCUT2D eigenvalue weighted by molar-refractivity contribution is 7.89. The van der Waals surface area contributed by atoms with E-state index in [1.165, 1.54) is 0 Å². The van der Waals surface area contributed by atoms with Gasteiger partial charge < -0.3 is 5.32 Å². The number of hydrogen-bond acceptors (Lipinski definition) is 4. The van der Waals surface area contributed by atoms with E-state index in [1.54, 1.807) is 22.7 Å². The van der Waals surface area contributed by atoms with E-state index in [2.05, 4.69) is 12.2 Å². The predicted octanol–water partition coefficient (Wildman–Crippen LogP) is 2.98. The van der Waals surface area contributed by atoms with Crippen molar-refractivity contribution in [2.45, 2.75) is 57.5 Å². The van der Waals surface area contributed by atoms with Gasteiger partial charge in [0, 0.05) is 29.4 Å². The summed E-state index contributed by atoms with van der Waals surface area (Å²) >= 11 is 1.58. The van der Waals surface area contributed by atoms with Crippen LogP contribution in [0.1, 0.15) is 42.9 Å². The van der Waals surface area contributed by atoms with E-state index in [0.717, 1.165) is 42.1 Å². The summed E-state index contributed by atoms with van der Waals surface area (Å²) in [5.41, 5.74) is 0. The van der Waals surface area contributed by atoms with Gasteiger partial charge in [0.1, 0.15) is 0 Å². The summed E-state index contributed by atoms with van der Waals surface area (Å²) in [5, 5.41) is 3.33. The van der Waals surface area contributed by atoms with Gasteiger partial charge in [-0.2, -0.15) is 4.31 Å². The maximum Gasteiger partial charge on any atom is 0.244 e. The molecule has 1 atom stereocenters. The molecule has 1 aromatic rings. The van der Waals surface area contributed by atoms with Crippen molar-refractivity contribution in [2.24, 2.45) is 5.92 Å². The Morgan fingerprint density at radius 2 is 2.14 bits per heavy atom. The number of thiophene rings is 1. The zero-order chi connectivity index (χ0) is 15.6. The molecule has 1 unspecified atom stereocenters. The summed E-state index contributed by atoms with van der Waals surface area (Å²) in [6.07, 6.45) is 3.38. The Bertz CT molecular complexity index is 576. The molecule has 0 spiro atoms. The molecular weight excluding hydrogens is 304 g/mol. The molecule has 1 aliphatic rings. The van der Waals surface area contributed by atoms with Crippen LogP contribution in [0.15, 0.2) is 11.0 Å². The standard InChI is InChI=1S/C15H26N2O2S2/c1-5-8-16-10-14-9-15(12(3)20-14)21(18,19)17(4)11(2)13-6-7-13/h9,11,13,16H,5-8,10H2,1-4H3. The SMILES string of the molecule is CCCNCc1cc(S(=O)(=O)N(C)C(C)C2CC2)c(C)s1. The number of rotatable bonds is 8. The van der Waals surface area contributed by atoms with Gasteiger partial charge >= 0.3 is 0 Å². The van der Waals surface area contributed by atoms with E-state index in [-0.39, 0.29) is 6.04 Å². The molecule has 1 aliphatic carbocycles. The number of sulfonamides is 1. The van der Waals surface area contributed by atoms with Crippen LogP contribution in [-0.2, 0) is 16.6 Å². The first-order valence-electron chi connectivity index (χ1n) is 7.66. The van der Waals surface area contributed by atoms with Crippen molar-refractivity contribution in [3.05, 3.63) is 15.8 Å². The predicted molar refractivity (Wildman–Crippen MR) is 88.2 cm³/mol. The minimum Gasteiger partial charge on any atom is -0.312 e. The first kappa shape index (κ1) is 16.9. The average molecular weight is 331 g/mol. The molecule has 0 radical (unpaired) electrons. The molecule has 4 nitrogen and oxygen atoms in total. The second-order valence-corrected chi connectivity index (χ2v) is 9.22. The molecule has 1 N–H and O–H groups in total. The Kier molecular flexibility index (Phi) is 5.46. The molecule has 1 heterocycles. The Hall–Kier alpha value is -0.430. The van der Waals surface area contributed by atoms with Crippen molar-refractivity contribution in [3.8, 4) is 0 Å². The molecular formula is C15H26N2O2S2. The molecule has 0 aromatic carbocycles. The zero-order valence-electron chi connectivity index (χ0n) is 13.3. The molecule has 1 saturated carbocycles. The Labute approximate surface area is 132 Å². The summed E-state index contributed by atoms with van der Waals surface area (Å²) in [6.45, 7) is 7.74. The van der Waals surface area contributed by atoms with Gasteiger partial charge in [-0.3, -0.25) is 0 Å². The first-order valence-corrected chi connectivity index (χ1v) is 9.91. The summed E-state index contributed by atoms with van der Waals surface area (Å²) in [4.78, 5) is 2.46. The Morgan fingerprint density at radius 1 is 1.48 bits per heavy atom. The molecule has 120 valence electrons. The van der Waals surface area contributed by atoms with Gasteiger partial charge in [-0.1, -0.05) is 6.92 Å². The molecule has 0 amide bonds. The van der Waals surface area contributed by atoms with Crippen LogP contribution < -0.4 is 5.32 Å². The van der Waals surface area contributed by atoms with Crippen molar-refractivity contribution >= 4 is 21.4 Å². The Balaban J connectivity index is 2.15. The van der Waals surface area contributed by atoms with Crippen LogP contribution in [0.4, 0.5) is 0 Å². The third-order valence-corrected chi connectivity index (χ3v) is 7.43. The van der Waals surface area contributed by atoms with E-state index in [0.29, 0.717) is 10.8 Å². The number of hydrogen-bond donors (Lipinski definition) is 1. The molecule has 21 heavy (non-hydrogen) atoms. The molecule has 6 heteroatoms. The van der Waals surface area contributed by atoms with Gasteiger partial charge in [0.15, 0.2) is 0 Å². The second kappa shape index (κ2) is 6.77. The summed E-state index contributed by atoms with van der Waals surface area (Å²) < 4.78 is 27.1. The topological polar surface area (TPSA) is 49.4 Å². The van der Waals surface area contributed by atoms with Crippen molar-refractivity contribution in [3.63, 3.8) is 0 Å². The maximum atomic E-state index is 12.8. The van der Waals surface area contributed by atoms with Gasteiger partial charge in [0.05, 0.1) is 4.90 Å². The average Bonchev–Trinajstić information content (AvgIpc) is 3.21. The van der Waals surface area contributed by atoms with Gasteiger partial charge in [-0.15, -0.1) is 11.3 Å². The van der Waals surface area contributed by atoms with Crippen LogP contribution in [0.3, 0.4) is 0 Å². The summed E-state index contributed by atoms with van der Waals surface area (Å²) in [7, 11) is -1.65. The van der Waals surface area contributed by atoms with Crippen LogP contribution in [0.25, 0.3) is 0 Å². The minimum atomic E-state index is -3.37. The fourth-order valence-corrected chi connectivity index (χ4v) is 5.50. The van der Waals surface area contributed by atoms with E-state index in [4.69, 9.17) is 0 Å². The lowest BCUT2D eigenvalue weighted by atomic mass is 10.2. The fraction of sp³-hybridized carbons (Fsp3) is 0.733. The van der Waals surface area contributed by atoms with E-state index >= 15 is 0 Å². The number of nitrogens with zero attached hydrogens (tertiary/aromatic N) is 1. The van der Waals surface area contributed by atoms with Crippen LogP contribution in [0.5, 0.6) is 0 Å². The number of nitrogens with one attached hydrogen (secondary N) is 1. The zero-order valence-corrected chi connectivity index (χ0v) is 15.0.